The molecule has 8 heteroatoms. The normalized spacial score (nSPS) is 11.1. The van der Waals surface area contributed by atoms with Crippen molar-refractivity contribution in [3.05, 3.63) is 89.5 Å². The standard InChI is InChI=1S/C19H11F4N2OP/c20-15-14(11-24)16(21)18(23)19(17(15)22)25-27(26,12-7-3-1-4-8-12)13-9-5-2-6-10-13/h1-10H,(H,25,26). The molecule has 0 saturated carbocycles. The van der Waals surface area contributed by atoms with E-state index in [-0.39, 0.29) is 10.6 Å². The zero-order valence-electron chi connectivity index (χ0n) is 13.6. The molecule has 3 aromatic carbocycles. The minimum absolute atomic E-state index is 0.181. The number of halogens is 4. The fourth-order valence-corrected chi connectivity index (χ4v) is 4.79. The van der Waals surface area contributed by atoms with Crippen LogP contribution in [0, 0.1) is 34.6 Å². The fourth-order valence-electron chi connectivity index (χ4n) is 2.54. The van der Waals surface area contributed by atoms with Gasteiger partial charge < -0.3 is 5.09 Å². The van der Waals surface area contributed by atoms with Gasteiger partial charge in [-0.1, -0.05) is 36.4 Å². The molecule has 0 spiro atoms. The van der Waals surface area contributed by atoms with E-state index >= 15 is 0 Å². The van der Waals surface area contributed by atoms with Crippen molar-refractivity contribution in [3.63, 3.8) is 0 Å². The van der Waals surface area contributed by atoms with Crippen molar-refractivity contribution in [2.24, 2.45) is 0 Å². The first-order valence-corrected chi connectivity index (χ1v) is 9.36. The average molecular weight is 390 g/mol. The van der Waals surface area contributed by atoms with Crippen molar-refractivity contribution in [1.82, 2.24) is 0 Å². The van der Waals surface area contributed by atoms with Gasteiger partial charge in [0.25, 0.3) is 0 Å². The molecule has 0 amide bonds. The van der Waals surface area contributed by atoms with Crippen LogP contribution in [-0.2, 0) is 4.57 Å². The molecule has 0 fully saturated rings. The van der Waals surface area contributed by atoms with Crippen molar-refractivity contribution in [2.75, 3.05) is 5.09 Å². The van der Waals surface area contributed by atoms with E-state index in [0.717, 1.165) is 6.07 Å². The topological polar surface area (TPSA) is 52.9 Å². The van der Waals surface area contributed by atoms with Crippen LogP contribution >= 0.6 is 7.29 Å². The average Bonchev–Trinajstić information content (AvgIpc) is 2.71. The number of nitrogens with one attached hydrogen (secondary N) is 1. The largest absolute Gasteiger partial charge is 0.324 e. The van der Waals surface area contributed by atoms with Crippen LogP contribution in [0.5, 0.6) is 0 Å². The van der Waals surface area contributed by atoms with Gasteiger partial charge in [-0.3, -0.25) is 4.57 Å². The Kier molecular flexibility index (Phi) is 5.02. The van der Waals surface area contributed by atoms with Gasteiger partial charge in [0.15, 0.2) is 23.3 Å². The highest BCUT2D eigenvalue weighted by molar-refractivity contribution is 7.80. The molecule has 136 valence electrons. The second-order valence-corrected chi connectivity index (χ2v) is 7.98. The summed E-state index contributed by atoms with van der Waals surface area (Å²) < 4.78 is 70.3. The van der Waals surface area contributed by atoms with Gasteiger partial charge in [-0.25, -0.2) is 17.6 Å². The van der Waals surface area contributed by atoms with Gasteiger partial charge in [-0.05, 0) is 24.3 Å². The minimum atomic E-state index is -3.91. The number of benzene rings is 3. The Bertz CT molecular complexity index is 1010. The number of hydrogen-bond acceptors (Lipinski definition) is 2. The third kappa shape index (κ3) is 3.20. The molecule has 3 rings (SSSR count). The lowest BCUT2D eigenvalue weighted by atomic mass is 10.1. The molecule has 3 aromatic rings. The van der Waals surface area contributed by atoms with Crippen LogP contribution in [0.4, 0.5) is 23.2 Å². The molecule has 0 heterocycles. The lowest BCUT2D eigenvalue weighted by molar-refractivity contribution is 0.455. The monoisotopic (exact) mass is 390 g/mol. The summed E-state index contributed by atoms with van der Waals surface area (Å²) in [6.07, 6.45) is 0. The molecular formula is C19H11F4N2OP. The molecule has 0 unspecified atom stereocenters. The van der Waals surface area contributed by atoms with Crippen molar-refractivity contribution in [3.8, 4) is 6.07 Å². The van der Waals surface area contributed by atoms with Gasteiger partial charge in [0.2, 0.25) is 7.29 Å². The van der Waals surface area contributed by atoms with Crippen LogP contribution in [0.2, 0.25) is 0 Å². The minimum Gasteiger partial charge on any atom is -0.324 e. The summed E-state index contributed by atoms with van der Waals surface area (Å²) in [4.78, 5) is 0. The van der Waals surface area contributed by atoms with Crippen molar-refractivity contribution in [1.29, 1.82) is 5.26 Å². The number of rotatable bonds is 4. The van der Waals surface area contributed by atoms with E-state index in [1.54, 1.807) is 36.4 Å². The summed E-state index contributed by atoms with van der Waals surface area (Å²) in [6, 6.07) is 16.5. The van der Waals surface area contributed by atoms with Crippen molar-refractivity contribution < 1.29 is 22.1 Å². The van der Waals surface area contributed by atoms with Crippen LogP contribution in [-0.4, -0.2) is 0 Å². The third-order valence-corrected chi connectivity index (χ3v) is 6.47. The smallest absolute Gasteiger partial charge is 0.227 e. The van der Waals surface area contributed by atoms with Gasteiger partial charge in [0.05, 0.1) is 0 Å². The van der Waals surface area contributed by atoms with E-state index < -0.39 is 41.8 Å². The molecule has 1 N–H and O–H groups in total. The van der Waals surface area contributed by atoms with E-state index in [0.29, 0.717) is 0 Å². The maximum Gasteiger partial charge on any atom is 0.227 e. The van der Waals surface area contributed by atoms with Crippen LogP contribution in [0.1, 0.15) is 5.56 Å². The van der Waals surface area contributed by atoms with E-state index in [4.69, 9.17) is 5.26 Å². The predicted molar refractivity (Wildman–Crippen MR) is 94.4 cm³/mol. The second-order valence-electron chi connectivity index (χ2n) is 5.51. The summed E-state index contributed by atoms with van der Waals surface area (Å²) in [5, 5.41) is 11.2. The first-order chi connectivity index (χ1) is 12.9. The first kappa shape index (κ1) is 18.7. The van der Waals surface area contributed by atoms with E-state index in [1.807, 2.05) is 0 Å². The summed E-state index contributed by atoms with van der Waals surface area (Å²) >= 11 is 0. The summed E-state index contributed by atoms with van der Waals surface area (Å²) in [5.74, 6) is -7.35. The molecule has 0 atom stereocenters. The lowest BCUT2D eigenvalue weighted by Gasteiger charge is -2.22. The molecule has 0 aliphatic rings. The van der Waals surface area contributed by atoms with Crippen LogP contribution in [0.3, 0.4) is 0 Å². The molecule has 0 bridgehead atoms. The predicted octanol–water partition coefficient (Wildman–Crippen LogP) is 4.46. The summed E-state index contributed by atoms with van der Waals surface area (Å²) in [6.45, 7) is 0. The first-order valence-electron chi connectivity index (χ1n) is 7.65. The van der Waals surface area contributed by atoms with Gasteiger partial charge in [0, 0.05) is 10.6 Å². The highest BCUT2D eigenvalue weighted by Gasteiger charge is 2.33. The zero-order chi connectivity index (χ0) is 19.6. The van der Waals surface area contributed by atoms with Crippen molar-refractivity contribution in [2.45, 2.75) is 0 Å². The lowest BCUT2D eigenvalue weighted by Crippen LogP contribution is -2.23. The van der Waals surface area contributed by atoms with Crippen LogP contribution in [0.15, 0.2) is 60.7 Å². The Labute approximate surface area is 152 Å². The number of anilines is 1. The maximum absolute atomic E-state index is 14.3. The Morgan fingerprint density at radius 2 is 1.15 bits per heavy atom. The Morgan fingerprint density at radius 1 is 0.741 bits per heavy atom. The maximum atomic E-state index is 14.3. The van der Waals surface area contributed by atoms with E-state index in [9.17, 15) is 22.1 Å². The van der Waals surface area contributed by atoms with Gasteiger partial charge in [0.1, 0.15) is 17.3 Å². The van der Waals surface area contributed by atoms with Gasteiger partial charge >= 0.3 is 0 Å². The molecule has 3 nitrogen and oxygen atoms in total. The molecule has 27 heavy (non-hydrogen) atoms. The number of hydrogen-bond donors (Lipinski definition) is 1. The van der Waals surface area contributed by atoms with Crippen molar-refractivity contribution >= 4 is 23.6 Å². The number of nitriles is 1. The SMILES string of the molecule is N#Cc1c(F)c(F)c(NP(=O)(c2ccccc2)c2ccccc2)c(F)c1F. The van der Waals surface area contributed by atoms with Crippen LogP contribution in [0.25, 0.3) is 0 Å². The molecule has 0 saturated heterocycles. The Hall–Kier alpha value is -3.10. The summed E-state index contributed by atoms with van der Waals surface area (Å²) in [7, 11) is -3.91. The zero-order valence-corrected chi connectivity index (χ0v) is 14.5. The molecule has 0 radical (unpaired) electrons. The van der Waals surface area contributed by atoms with Crippen LogP contribution < -0.4 is 15.7 Å². The molecular weight excluding hydrogens is 379 g/mol. The molecule has 0 aromatic heterocycles. The highest BCUT2D eigenvalue weighted by atomic mass is 31.2. The fraction of sp³-hybridized carbons (Fsp3) is 0. The molecule has 0 aliphatic carbocycles. The second kappa shape index (κ2) is 7.26. The highest BCUT2D eigenvalue weighted by Crippen LogP contribution is 2.45. The molecule has 0 aliphatic heterocycles. The van der Waals surface area contributed by atoms with Gasteiger partial charge in [-0.15, -0.1) is 0 Å². The number of nitrogens with zero attached hydrogens (tertiary/aromatic N) is 1. The Morgan fingerprint density at radius 3 is 1.52 bits per heavy atom. The van der Waals surface area contributed by atoms with Gasteiger partial charge in [-0.2, -0.15) is 5.26 Å². The Balaban J connectivity index is 2.24. The summed E-state index contributed by atoms with van der Waals surface area (Å²) in [5.41, 5.74) is -2.62. The van der Waals surface area contributed by atoms with E-state index in [2.05, 4.69) is 5.09 Å². The third-order valence-electron chi connectivity index (χ3n) is 3.88. The van der Waals surface area contributed by atoms with E-state index in [1.165, 1.54) is 24.3 Å². The quantitative estimate of drug-likeness (QED) is 0.407.